The Balaban J connectivity index is 1.32. The van der Waals surface area contributed by atoms with E-state index >= 15 is 0 Å². The van der Waals surface area contributed by atoms with Gasteiger partial charge in [-0.3, -0.25) is 9.30 Å². The van der Waals surface area contributed by atoms with Gasteiger partial charge in [0.1, 0.15) is 0 Å². The molecule has 2 aromatic rings. The molecule has 114 valence electrons. The van der Waals surface area contributed by atoms with Crippen molar-refractivity contribution in [2.45, 2.75) is 31.5 Å². The number of fused-ring (bicyclic) bond motifs is 1. The van der Waals surface area contributed by atoms with Crippen LogP contribution in [0.3, 0.4) is 0 Å². The molecule has 0 radical (unpaired) electrons. The van der Waals surface area contributed by atoms with Crippen LogP contribution in [-0.2, 0) is 11.3 Å². The number of nitrogens with one attached hydrogen (secondary N) is 1. The largest absolute Gasteiger partial charge is 0.374 e. The predicted octanol–water partition coefficient (Wildman–Crippen LogP) is 2.00. The summed E-state index contributed by atoms with van der Waals surface area (Å²) in [6.07, 6.45) is 5.02. The summed E-state index contributed by atoms with van der Waals surface area (Å²) in [4.78, 5) is 7.87. The molecule has 1 atom stereocenters. The SMILES string of the molecule is Clc1nc2sccn2c1CNCC1CN(C2CC2)CCO1. The molecular weight excluding hydrogens is 308 g/mol. The highest BCUT2D eigenvalue weighted by Gasteiger charge is 2.32. The molecule has 5 nitrogen and oxygen atoms in total. The average Bonchev–Trinajstić information content (AvgIpc) is 3.18. The van der Waals surface area contributed by atoms with Gasteiger partial charge in [0.25, 0.3) is 0 Å². The summed E-state index contributed by atoms with van der Waals surface area (Å²) in [7, 11) is 0. The van der Waals surface area contributed by atoms with Gasteiger partial charge in [-0.05, 0) is 12.8 Å². The number of halogens is 1. The molecule has 0 aromatic carbocycles. The van der Waals surface area contributed by atoms with E-state index in [0.29, 0.717) is 5.15 Å². The van der Waals surface area contributed by atoms with Crippen LogP contribution in [0.4, 0.5) is 0 Å². The first kappa shape index (κ1) is 14.0. The fourth-order valence-corrected chi connectivity index (χ4v) is 3.97. The van der Waals surface area contributed by atoms with E-state index in [9.17, 15) is 0 Å². The second-order valence-electron chi connectivity index (χ2n) is 5.75. The van der Waals surface area contributed by atoms with E-state index in [4.69, 9.17) is 16.3 Å². The molecule has 21 heavy (non-hydrogen) atoms. The molecule has 3 heterocycles. The number of ether oxygens (including phenoxy) is 1. The van der Waals surface area contributed by atoms with Crippen LogP contribution in [0.25, 0.3) is 4.96 Å². The van der Waals surface area contributed by atoms with Crippen LogP contribution in [-0.4, -0.2) is 52.7 Å². The van der Waals surface area contributed by atoms with Crippen LogP contribution in [0.2, 0.25) is 5.15 Å². The van der Waals surface area contributed by atoms with Crippen LogP contribution in [0.5, 0.6) is 0 Å². The van der Waals surface area contributed by atoms with Gasteiger partial charge in [-0.25, -0.2) is 4.98 Å². The number of morpholine rings is 1. The first-order chi connectivity index (χ1) is 10.3. The lowest BCUT2D eigenvalue weighted by molar-refractivity contribution is -0.0301. The smallest absolute Gasteiger partial charge is 0.195 e. The first-order valence-electron chi connectivity index (χ1n) is 7.47. The number of nitrogens with zero attached hydrogens (tertiary/aromatic N) is 3. The molecule has 7 heteroatoms. The predicted molar refractivity (Wildman–Crippen MR) is 84.1 cm³/mol. The van der Waals surface area contributed by atoms with Crippen molar-refractivity contribution in [1.29, 1.82) is 0 Å². The van der Waals surface area contributed by atoms with E-state index in [1.807, 2.05) is 11.6 Å². The van der Waals surface area contributed by atoms with Crippen molar-refractivity contribution in [1.82, 2.24) is 19.6 Å². The van der Waals surface area contributed by atoms with E-state index in [0.717, 1.165) is 49.5 Å². The zero-order valence-corrected chi connectivity index (χ0v) is 13.4. The number of aromatic nitrogens is 2. The fraction of sp³-hybridized carbons (Fsp3) is 0.643. The molecule has 0 amide bonds. The normalized spacial score (nSPS) is 24.0. The van der Waals surface area contributed by atoms with Gasteiger partial charge in [0.05, 0.1) is 18.4 Å². The van der Waals surface area contributed by atoms with E-state index in [2.05, 4.69) is 19.6 Å². The molecular formula is C14H19ClN4OS. The minimum absolute atomic E-state index is 0.281. The highest BCUT2D eigenvalue weighted by Crippen LogP contribution is 2.28. The van der Waals surface area contributed by atoms with Crippen LogP contribution >= 0.6 is 22.9 Å². The molecule has 1 aliphatic carbocycles. The van der Waals surface area contributed by atoms with Crippen molar-refractivity contribution >= 4 is 27.9 Å². The Hall–Kier alpha value is -0.660. The Morgan fingerprint density at radius 2 is 2.38 bits per heavy atom. The van der Waals surface area contributed by atoms with Gasteiger partial charge in [-0.2, -0.15) is 0 Å². The molecule has 2 aromatic heterocycles. The molecule has 4 rings (SSSR count). The maximum Gasteiger partial charge on any atom is 0.195 e. The molecule has 1 saturated heterocycles. The lowest BCUT2D eigenvalue weighted by Gasteiger charge is -2.33. The second-order valence-corrected chi connectivity index (χ2v) is 6.99. The van der Waals surface area contributed by atoms with Crippen LogP contribution in [0.1, 0.15) is 18.5 Å². The van der Waals surface area contributed by atoms with E-state index in [1.165, 1.54) is 12.8 Å². The molecule has 0 bridgehead atoms. The summed E-state index contributed by atoms with van der Waals surface area (Å²) in [5, 5.41) is 6.09. The van der Waals surface area contributed by atoms with Gasteiger partial charge in [0.15, 0.2) is 10.1 Å². The summed E-state index contributed by atoms with van der Waals surface area (Å²) < 4.78 is 7.90. The van der Waals surface area contributed by atoms with Gasteiger partial charge in [-0.15, -0.1) is 11.3 Å². The van der Waals surface area contributed by atoms with Crippen molar-refractivity contribution in [3.05, 3.63) is 22.4 Å². The molecule has 2 aliphatic rings. The van der Waals surface area contributed by atoms with Crippen molar-refractivity contribution in [2.75, 3.05) is 26.2 Å². The van der Waals surface area contributed by atoms with E-state index in [1.54, 1.807) is 11.3 Å². The van der Waals surface area contributed by atoms with Gasteiger partial charge in [0.2, 0.25) is 0 Å². The van der Waals surface area contributed by atoms with Gasteiger partial charge >= 0.3 is 0 Å². The minimum atomic E-state index is 0.281. The van der Waals surface area contributed by atoms with E-state index < -0.39 is 0 Å². The minimum Gasteiger partial charge on any atom is -0.374 e. The van der Waals surface area contributed by atoms with Gasteiger partial charge in [0, 0.05) is 43.8 Å². The Kier molecular flexibility index (Phi) is 3.89. The Morgan fingerprint density at radius 1 is 1.48 bits per heavy atom. The average molecular weight is 327 g/mol. The van der Waals surface area contributed by atoms with Crippen LogP contribution in [0.15, 0.2) is 11.6 Å². The zero-order valence-electron chi connectivity index (χ0n) is 11.8. The van der Waals surface area contributed by atoms with Crippen molar-refractivity contribution in [3.63, 3.8) is 0 Å². The Morgan fingerprint density at radius 3 is 3.24 bits per heavy atom. The third kappa shape index (κ3) is 2.96. The standard InChI is InChI=1S/C14H19ClN4OS/c15-13-12(19-4-6-21-14(19)17-13)8-16-7-11-9-18(3-5-20-11)10-1-2-10/h4,6,10-11,16H,1-3,5,7-9H2. The number of hydrogen-bond acceptors (Lipinski definition) is 5. The van der Waals surface area contributed by atoms with Crippen molar-refractivity contribution < 1.29 is 4.74 Å². The number of hydrogen-bond donors (Lipinski definition) is 1. The quantitative estimate of drug-likeness (QED) is 0.912. The Bertz CT molecular complexity index is 624. The third-order valence-corrected chi connectivity index (χ3v) is 5.27. The fourth-order valence-electron chi connectivity index (χ4n) is 2.95. The lowest BCUT2D eigenvalue weighted by atomic mass is 10.2. The molecule has 1 saturated carbocycles. The van der Waals surface area contributed by atoms with E-state index in [-0.39, 0.29) is 6.10 Å². The highest BCUT2D eigenvalue weighted by atomic mass is 35.5. The van der Waals surface area contributed by atoms with Crippen LogP contribution < -0.4 is 5.32 Å². The zero-order chi connectivity index (χ0) is 14.2. The second kappa shape index (κ2) is 5.85. The highest BCUT2D eigenvalue weighted by molar-refractivity contribution is 7.15. The lowest BCUT2D eigenvalue weighted by Crippen LogP contribution is -2.47. The summed E-state index contributed by atoms with van der Waals surface area (Å²) in [5.74, 6) is 0. The number of imidazole rings is 1. The summed E-state index contributed by atoms with van der Waals surface area (Å²) >= 11 is 7.80. The third-order valence-electron chi connectivity index (χ3n) is 4.21. The van der Waals surface area contributed by atoms with Gasteiger partial charge in [-0.1, -0.05) is 11.6 Å². The summed E-state index contributed by atoms with van der Waals surface area (Å²) in [6, 6.07) is 0.825. The molecule has 1 N–H and O–H groups in total. The number of rotatable bonds is 5. The first-order valence-corrected chi connectivity index (χ1v) is 8.73. The number of thiazole rings is 1. The van der Waals surface area contributed by atoms with Crippen molar-refractivity contribution in [3.8, 4) is 0 Å². The van der Waals surface area contributed by atoms with Crippen molar-refractivity contribution in [2.24, 2.45) is 0 Å². The molecule has 2 fully saturated rings. The topological polar surface area (TPSA) is 41.8 Å². The summed E-state index contributed by atoms with van der Waals surface area (Å²) in [6.45, 7) is 4.57. The Labute approximate surface area is 132 Å². The maximum absolute atomic E-state index is 6.20. The molecule has 0 spiro atoms. The molecule has 1 aliphatic heterocycles. The molecule has 1 unspecified atom stereocenters. The van der Waals surface area contributed by atoms with Gasteiger partial charge < -0.3 is 10.1 Å². The van der Waals surface area contributed by atoms with Crippen LogP contribution in [0, 0.1) is 0 Å². The monoisotopic (exact) mass is 326 g/mol. The maximum atomic E-state index is 6.20. The summed E-state index contributed by atoms with van der Waals surface area (Å²) in [5.41, 5.74) is 1.03.